The van der Waals surface area contributed by atoms with Gasteiger partial charge in [0, 0.05) is 32.6 Å². The first kappa shape index (κ1) is 17.0. The number of methoxy groups -OCH3 is 1. The van der Waals surface area contributed by atoms with Crippen molar-refractivity contribution < 1.29 is 14.2 Å². The summed E-state index contributed by atoms with van der Waals surface area (Å²) >= 11 is 0. The van der Waals surface area contributed by atoms with Crippen LogP contribution in [0.2, 0.25) is 0 Å². The normalized spacial score (nSPS) is 14.2. The number of hydrogen-bond acceptors (Lipinski definition) is 5. The molecule has 0 aliphatic carbocycles. The molecule has 2 unspecified atom stereocenters. The van der Waals surface area contributed by atoms with Crippen molar-refractivity contribution in [3.63, 3.8) is 0 Å². The van der Waals surface area contributed by atoms with Gasteiger partial charge in [-0.25, -0.2) is 0 Å². The Morgan fingerprint density at radius 1 is 1.20 bits per heavy atom. The molecular formula is C15H26N2O3. The highest BCUT2D eigenvalue weighted by Gasteiger charge is 2.20. The number of pyridine rings is 1. The molecule has 0 aliphatic heterocycles. The van der Waals surface area contributed by atoms with Crippen molar-refractivity contribution in [1.82, 2.24) is 4.98 Å². The highest BCUT2D eigenvalue weighted by atomic mass is 16.5. The van der Waals surface area contributed by atoms with Crippen LogP contribution in [0.1, 0.15) is 31.6 Å². The van der Waals surface area contributed by atoms with E-state index in [9.17, 15) is 0 Å². The summed E-state index contributed by atoms with van der Waals surface area (Å²) in [6.07, 6.45) is 3.32. The predicted molar refractivity (Wildman–Crippen MR) is 78.5 cm³/mol. The van der Waals surface area contributed by atoms with Gasteiger partial charge in [-0.2, -0.15) is 0 Å². The first-order chi connectivity index (χ1) is 9.79. The zero-order chi connectivity index (χ0) is 14.6. The molecule has 2 atom stereocenters. The Balaban J connectivity index is 2.32. The van der Waals surface area contributed by atoms with Crippen LogP contribution < -0.4 is 5.73 Å². The minimum atomic E-state index is -0.177. The lowest BCUT2D eigenvalue weighted by atomic mass is 10.1. The van der Waals surface area contributed by atoms with Gasteiger partial charge in [0.25, 0.3) is 0 Å². The molecule has 1 heterocycles. The van der Waals surface area contributed by atoms with Crippen molar-refractivity contribution in [3.05, 3.63) is 30.1 Å². The largest absolute Gasteiger partial charge is 0.385 e. The van der Waals surface area contributed by atoms with Gasteiger partial charge in [-0.15, -0.1) is 0 Å². The summed E-state index contributed by atoms with van der Waals surface area (Å²) in [5.74, 6) is 0. The zero-order valence-electron chi connectivity index (χ0n) is 12.5. The Morgan fingerprint density at radius 3 is 2.70 bits per heavy atom. The summed E-state index contributed by atoms with van der Waals surface area (Å²) in [6, 6.07) is 5.72. The molecule has 1 aromatic heterocycles. The summed E-state index contributed by atoms with van der Waals surface area (Å²) in [6.45, 7) is 4.53. The molecule has 1 rings (SSSR count). The lowest BCUT2D eigenvalue weighted by Crippen LogP contribution is -2.31. The van der Waals surface area contributed by atoms with Crippen LogP contribution in [0.4, 0.5) is 0 Å². The van der Waals surface area contributed by atoms with Gasteiger partial charge >= 0.3 is 0 Å². The number of aromatic nitrogens is 1. The van der Waals surface area contributed by atoms with Crippen LogP contribution >= 0.6 is 0 Å². The average Bonchev–Trinajstić information content (AvgIpc) is 2.50. The Hall–Kier alpha value is -1.01. The van der Waals surface area contributed by atoms with Gasteiger partial charge in [0.05, 0.1) is 18.9 Å². The second-order valence-corrected chi connectivity index (χ2v) is 4.58. The monoisotopic (exact) mass is 282 g/mol. The molecular weight excluding hydrogens is 256 g/mol. The van der Waals surface area contributed by atoms with E-state index in [1.807, 2.05) is 25.1 Å². The van der Waals surface area contributed by atoms with Crippen molar-refractivity contribution in [2.75, 3.05) is 33.5 Å². The van der Waals surface area contributed by atoms with Crippen LogP contribution in [0.3, 0.4) is 0 Å². The Labute approximate surface area is 121 Å². The quantitative estimate of drug-likeness (QED) is 0.628. The number of hydrogen-bond donors (Lipinski definition) is 1. The topological polar surface area (TPSA) is 66.6 Å². The van der Waals surface area contributed by atoms with Gasteiger partial charge in [-0.1, -0.05) is 13.0 Å². The minimum absolute atomic E-state index is 0.0570. The van der Waals surface area contributed by atoms with E-state index < -0.39 is 0 Å². The van der Waals surface area contributed by atoms with E-state index in [0.717, 1.165) is 25.1 Å². The molecule has 0 bridgehead atoms. The van der Waals surface area contributed by atoms with E-state index in [1.165, 1.54) is 0 Å². The number of nitrogens with two attached hydrogens (primary N) is 1. The van der Waals surface area contributed by atoms with E-state index in [2.05, 4.69) is 4.98 Å². The lowest BCUT2D eigenvalue weighted by molar-refractivity contribution is -0.0122. The summed E-state index contributed by atoms with van der Waals surface area (Å²) < 4.78 is 16.3. The second kappa shape index (κ2) is 10.7. The van der Waals surface area contributed by atoms with Gasteiger partial charge in [0.2, 0.25) is 0 Å². The smallest absolute Gasteiger partial charge is 0.115 e. The maximum absolute atomic E-state index is 6.11. The van der Waals surface area contributed by atoms with E-state index in [1.54, 1.807) is 13.3 Å². The fourth-order valence-corrected chi connectivity index (χ4v) is 1.83. The lowest BCUT2D eigenvalue weighted by Gasteiger charge is -2.22. The molecule has 0 amide bonds. The molecule has 5 nitrogen and oxygen atoms in total. The third-order valence-corrected chi connectivity index (χ3v) is 3.00. The predicted octanol–water partition coefficient (Wildman–Crippen LogP) is 1.93. The van der Waals surface area contributed by atoms with Gasteiger partial charge in [0.15, 0.2) is 0 Å². The molecule has 0 fully saturated rings. The fraction of sp³-hybridized carbons (Fsp3) is 0.667. The standard InChI is InChI=1S/C15H26N2O3/c1-3-13(16)15(14-7-4-5-8-17-14)20-12-11-19-10-6-9-18-2/h4-5,7-8,13,15H,3,6,9-12,16H2,1-2H3. The van der Waals surface area contributed by atoms with E-state index >= 15 is 0 Å². The summed E-state index contributed by atoms with van der Waals surface area (Å²) in [4.78, 5) is 4.33. The molecule has 0 aromatic carbocycles. The molecule has 0 radical (unpaired) electrons. The Bertz CT molecular complexity index is 335. The summed E-state index contributed by atoms with van der Waals surface area (Å²) in [7, 11) is 1.69. The number of rotatable bonds is 11. The summed E-state index contributed by atoms with van der Waals surface area (Å²) in [5.41, 5.74) is 6.98. The number of ether oxygens (including phenoxy) is 3. The van der Waals surface area contributed by atoms with Crippen LogP contribution in [0.5, 0.6) is 0 Å². The average molecular weight is 282 g/mol. The molecule has 5 heteroatoms. The zero-order valence-corrected chi connectivity index (χ0v) is 12.5. The number of nitrogens with zero attached hydrogens (tertiary/aromatic N) is 1. The highest BCUT2D eigenvalue weighted by Crippen LogP contribution is 2.19. The van der Waals surface area contributed by atoms with Crippen molar-refractivity contribution in [2.45, 2.75) is 31.9 Å². The molecule has 20 heavy (non-hydrogen) atoms. The summed E-state index contributed by atoms with van der Waals surface area (Å²) in [5, 5.41) is 0. The molecule has 0 spiro atoms. The van der Waals surface area contributed by atoms with Crippen LogP contribution in [-0.4, -0.2) is 44.6 Å². The maximum Gasteiger partial charge on any atom is 0.115 e. The SMILES string of the molecule is CCC(N)C(OCCOCCCOC)c1ccccn1. The molecule has 1 aromatic rings. The molecule has 2 N–H and O–H groups in total. The van der Waals surface area contributed by atoms with Gasteiger partial charge < -0.3 is 19.9 Å². The molecule has 0 saturated heterocycles. The second-order valence-electron chi connectivity index (χ2n) is 4.58. The third kappa shape index (κ3) is 6.43. The van der Waals surface area contributed by atoms with Gasteiger partial charge in [0.1, 0.15) is 6.10 Å². The first-order valence-corrected chi connectivity index (χ1v) is 7.14. The van der Waals surface area contributed by atoms with E-state index in [-0.39, 0.29) is 12.1 Å². The minimum Gasteiger partial charge on any atom is -0.385 e. The molecule has 114 valence electrons. The highest BCUT2D eigenvalue weighted by molar-refractivity contribution is 5.09. The van der Waals surface area contributed by atoms with Crippen LogP contribution in [0, 0.1) is 0 Å². The Kier molecular flexibility index (Phi) is 9.15. The molecule has 0 aliphatic rings. The van der Waals surface area contributed by atoms with Crippen molar-refractivity contribution in [3.8, 4) is 0 Å². The molecule has 0 saturated carbocycles. The van der Waals surface area contributed by atoms with E-state index in [0.29, 0.717) is 19.8 Å². The van der Waals surface area contributed by atoms with E-state index in [4.69, 9.17) is 19.9 Å². The fourth-order valence-electron chi connectivity index (χ4n) is 1.83. The van der Waals surface area contributed by atoms with Crippen molar-refractivity contribution in [1.29, 1.82) is 0 Å². The maximum atomic E-state index is 6.11. The van der Waals surface area contributed by atoms with Crippen molar-refractivity contribution >= 4 is 0 Å². The van der Waals surface area contributed by atoms with Crippen LogP contribution in [-0.2, 0) is 14.2 Å². The van der Waals surface area contributed by atoms with Gasteiger partial charge in [-0.05, 0) is 25.0 Å². The first-order valence-electron chi connectivity index (χ1n) is 7.14. The van der Waals surface area contributed by atoms with Crippen molar-refractivity contribution in [2.24, 2.45) is 5.73 Å². The van der Waals surface area contributed by atoms with Crippen LogP contribution in [0.15, 0.2) is 24.4 Å². The Morgan fingerprint density at radius 2 is 2.05 bits per heavy atom. The van der Waals surface area contributed by atoms with Gasteiger partial charge in [-0.3, -0.25) is 4.98 Å². The van der Waals surface area contributed by atoms with Crippen LogP contribution in [0.25, 0.3) is 0 Å². The third-order valence-electron chi connectivity index (χ3n) is 3.00.